The molecule has 2 rings (SSSR count). The first-order chi connectivity index (χ1) is 10.2. The SMILES string of the molecule is Cc1cccc(C2(CNC(=O)[C@H](C)S(C)(=O)=O)CCCC2)c1. The van der Waals surface area contributed by atoms with E-state index in [2.05, 4.69) is 30.4 Å². The zero-order chi connectivity index (χ0) is 16.4. The predicted octanol–water partition coefficient (Wildman–Crippen LogP) is 2.36. The van der Waals surface area contributed by atoms with E-state index < -0.39 is 21.0 Å². The molecule has 22 heavy (non-hydrogen) atoms. The summed E-state index contributed by atoms with van der Waals surface area (Å²) in [7, 11) is -3.35. The lowest BCUT2D eigenvalue weighted by Gasteiger charge is -2.30. The molecule has 5 heteroatoms. The van der Waals surface area contributed by atoms with E-state index in [1.807, 2.05) is 6.07 Å². The minimum Gasteiger partial charge on any atom is -0.354 e. The third-order valence-electron chi connectivity index (χ3n) is 4.80. The van der Waals surface area contributed by atoms with Gasteiger partial charge >= 0.3 is 0 Å². The van der Waals surface area contributed by atoms with Crippen molar-refractivity contribution in [2.75, 3.05) is 12.8 Å². The average Bonchev–Trinajstić information content (AvgIpc) is 2.93. The highest BCUT2D eigenvalue weighted by Crippen LogP contribution is 2.40. The first-order valence-electron chi connectivity index (χ1n) is 7.78. The standard InChI is InChI=1S/C17H25NO3S/c1-13-7-6-8-15(11-13)17(9-4-5-10-17)12-18-16(19)14(2)22(3,20)21/h6-8,11,14H,4-5,9-10,12H2,1-3H3,(H,18,19)/t14-/m0/s1. The van der Waals surface area contributed by atoms with Crippen molar-refractivity contribution in [3.63, 3.8) is 0 Å². The van der Waals surface area contributed by atoms with E-state index in [1.165, 1.54) is 18.1 Å². The molecule has 0 saturated heterocycles. The molecular formula is C17H25NO3S. The number of sulfone groups is 1. The van der Waals surface area contributed by atoms with Gasteiger partial charge in [-0.1, -0.05) is 42.7 Å². The maximum absolute atomic E-state index is 12.1. The first kappa shape index (κ1) is 17.0. The quantitative estimate of drug-likeness (QED) is 0.905. The van der Waals surface area contributed by atoms with Gasteiger partial charge in [0.25, 0.3) is 0 Å². The number of nitrogens with one attached hydrogen (secondary N) is 1. The van der Waals surface area contributed by atoms with Gasteiger partial charge in [0.15, 0.2) is 9.84 Å². The van der Waals surface area contributed by atoms with E-state index >= 15 is 0 Å². The van der Waals surface area contributed by atoms with E-state index in [4.69, 9.17) is 0 Å². The smallest absolute Gasteiger partial charge is 0.238 e. The number of hydrogen-bond donors (Lipinski definition) is 1. The highest BCUT2D eigenvalue weighted by molar-refractivity contribution is 7.92. The molecule has 1 aliphatic rings. The monoisotopic (exact) mass is 323 g/mol. The van der Waals surface area contributed by atoms with Crippen LogP contribution in [0.25, 0.3) is 0 Å². The maximum atomic E-state index is 12.1. The number of hydrogen-bond acceptors (Lipinski definition) is 3. The molecule has 1 amide bonds. The fourth-order valence-corrected chi connectivity index (χ4v) is 3.66. The summed E-state index contributed by atoms with van der Waals surface area (Å²) in [6, 6.07) is 8.41. The molecule has 0 bridgehead atoms. The third-order valence-corrected chi connectivity index (χ3v) is 6.30. The van der Waals surface area contributed by atoms with Gasteiger partial charge in [-0.2, -0.15) is 0 Å². The second-order valence-electron chi connectivity index (χ2n) is 6.55. The Labute approximate surface area is 133 Å². The van der Waals surface area contributed by atoms with Crippen LogP contribution in [0.4, 0.5) is 0 Å². The van der Waals surface area contributed by atoms with Gasteiger partial charge in [-0.05, 0) is 32.3 Å². The summed E-state index contributed by atoms with van der Waals surface area (Å²) in [6.07, 6.45) is 5.45. The van der Waals surface area contributed by atoms with Crippen LogP contribution >= 0.6 is 0 Å². The van der Waals surface area contributed by atoms with Crippen molar-refractivity contribution in [2.24, 2.45) is 0 Å². The lowest BCUT2D eigenvalue weighted by Crippen LogP contribution is -2.44. The fraction of sp³-hybridized carbons (Fsp3) is 0.588. The maximum Gasteiger partial charge on any atom is 0.238 e. The van der Waals surface area contributed by atoms with Crippen LogP contribution in [-0.4, -0.2) is 32.4 Å². The van der Waals surface area contributed by atoms with Crippen molar-refractivity contribution in [1.82, 2.24) is 5.32 Å². The molecule has 0 radical (unpaired) electrons. The van der Waals surface area contributed by atoms with Crippen LogP contribution in [0.5, 0.6) is 0 Å². The highest BCUT2D eigenvalue weighted by Gasteiger charge is 2.36. The Morgan fingerprint density at radius 2 is 1.95 bits per heavy atom. The van der Waals surface area contributed by atoms with E-state index in [0.29, 0.717) is 6.54 Å². The van der Waals surface area contributed by atoms with Gasteiger partial charge in [0.1, 0.15) is 5.25 Å². The molecule has 0 unspecified atom stereocenters. The van der Waals surface area contributed by atoms with Crippen molar-refractivity contribution in [3.8, 4) is 0 Å². The molecule has 0 spiro atoms. The van der Waals surface area contributed by atoms with Crippen LogP contribution in [-0.2, 0) is 20.0 Å². The molecule has 1 aromatic rings. The Bertz CT molecular complexity index is 646. The molecule has 122 valence electrons. The minimum atomic E-state index is -3.35. The van der Waals surface area contributed by atoms with Crippen LogP contribution in [0.15, 0.2) is 24.3 Å². The van der Waals surface area contributed by atoms with Gasteiger partial charge in [0.05, 0.1) is 0 Å². The second-order valence-corrected chi connectivity index (χ2v) is 8.91. The number of rotatable bonds is 5. The van der Waals surface area contributed by atoms with Gasteiger partial charge in [-0.15, -0.1) is 0 Å². The summed E-state index contributed by atoms with van der Waals surface area (Å²) in [5.41, 5.74) is 2.40. The molecule has 1 N–H and O–H groups in total. The number of aryl methyl sites for hydroxylation is 1. The molecule has 0 aromatic heterocycles. The number of benzene rings is 1. The number of amides is 1. The lowest BCUT2D eigenvalue weighted by molar-refractivity contribution is -0.120. The number of carbonyl (C=O) groups is 1. The van der Waals surface area contributed by atoms with Crippen LogP contribution in [0.1, 0.15) is 43.7 Å². The van der Waals surface area contributed by atoms with Gasteiger partial charge in [0.2, 0.25) is 5.91 Å². The fourth-order valence-electron chi connectivity index (χ4n) is 3.19. The first-order valence-corrected chi connectivity index (χ1v) is 9.74. The van der Waals surface area contributed by atoms with Gasteiger partial charge in [0, 0.05) is 18.2 Å². The minimum absolute atomic E-state index is 0.0566. The molecule has 0 heterocycles. The Hall–Kier alpha value is -1.36. The lowest BCUT2D eigenvalue weighted by atomic mass is 9.78. The van der Waals surface area contributed by atoms with Crippen molar-refractivity contribution in [1.29, 1.82) is 0 Å². The molecule has 4 nitrogen and oxygen atoms in total. The van der Waals surface area contributed by atoms with Gasteiger partial charge < -0.3 is 5.32 Å². The zero-order valence-electron chi connectivity index (χ0n) is 13.6. The van der Waals surface area contributed by atoms with Gasteiger partial charge in [-0.25, -0.2) is 8.42 Å². The largest absolute Gasteiger partial charge is 0.354 e. The van der Waals surface area contributed by atoms with Crippen LogP contribution in [0, 0.1) is 6.92 Å². The molecule has 1 aliphatic carbocycles. The van der Waals surface area contributed by atoms with Crippen LogP contribution in [0.2, 0.25) is 0 Å². The van der Waals surface area contributed by atoms with Crippen LogP contribution in [0.3, 0.4) is 0 Å². The van der Waals surface area contributed by atoms with Crippen molar-refractivity contribution in [3.05, 3.63) is 35.4 Å². The normalized spacial score (nSPS) is 18.9. The molecule has 1 fully saturated rings. The second kappa shape index (κ2) is 6.41. The highest BCUT2D eigenvalue weighted by atomic mass is 32.2. The van der Waals surface area contributed by atoms with Crippen molar-refractivity contribution in [2.45, 2.75) is 50.2 Å². The van der Waals surface area contributed by atoms with Crippen molar-refractivity contribution >= 4 is 15.7 Å². The molecule has 1 atom stereocenters. The Balaban J connectivity index is 2.15. The average molecular weight is 323 g/mol. The molecule has 1 saturated carbocycles. The summed E-state index contributed by atoms with van der Waals surface area (Å²) in [5.74, 6) is -0.401. The van der Waals surface area contributed by atoms with E-state index in [9.17, 15) is 13.2 Å². The summed E-state index contributed by atoms with van der Waals surface area (Å²) in [4.78, 5) is 12.1. The van der Waals surface area contributed by atoms with Gasteiger partial charge in [-0.3, -0.25) is 4.79 Å². The molecule has 0 aliphatic heterocycles. The topological polar surface area (TPSA) is 63.2 Å². The third kappa shape index (κ3) is 3.69. The molecule has 1 aromatic carbocycles. The van der Waals surface area contributed by atoms with E-state index in [0.717, 1.165) is 31.9 Å². The zero-order valence-corrected chi connectivity index (χ0v) is 14.4. The van der Waals surface area contributed by atoms with E-state index in [1.54, 1.807) is 0 Å². The van der Waals surface area contributed by atoms with Crippen LogP contribution < -0.4 is 5.32 Å². The summed E-state index contributed by atoms with van der Waals surface area (Å²) >= 11 is 0. The number of carbonyl (C=O) groups excluding carboxylic acids is 1. The molecular weight excluding hydrogens is 298 g/mol. The van der Waals surface area contributed by atoms with Crippen molar-refractivity contribution < 1.29 is 13.2 Å². The summed E-state index contributed by atoms with van der Waals surface area (Å²) in [6.45, 7) is 4.02. The predicted molar refractivity (Wildman–Crippen MR) is 88.6 cm³/mol. The Morgan fingerprint density at radius 1 is 1.32 bits per heavy atom. The Kier molecular flexibility index (Phi) is 4.95. The van der Waals surface area contributed by atoms with E-state index in [-0.39, 0.29) is 5.41 Å². The summed E-state index contributed by atoms with van der Waals surface area (Å²) in [5, 5.41) is 1.87. The Morgan fingerprint density at radius 3 is 2.50 bits per heavy atom. The summed E-state index contributed by atoms with van der Waals surface area (Å²) < 4.78 is 23.0.